The molecule has 0 N–H and O–H groups in total. The molecule has 1 aromatic rings. The Morgan fingerprint density at radius 1 is 1.25 bits per heavy atom. The first-order valence-electron chi connectivity index (χ1n) is 9.50. The molecule has 0 aliphatic carbocycles. The minimum atomic E-state index is -1.39. The third kappa shape index (κ3) is 7.76. The maximum atomic E-state index is 11.8. The molecule has 0 saturated carbocycles. The summed E-state index contributed by atoms with van der Waals surface area (Å²) in [5, 5.41) is 4.29. The van der Waals surface area contributed by atoms with E-state index < -0.39 is 14.0 Å². The second-order valence-corrected chi connectivity index (χ2v) is 12.6. The largest absolute Gasteiger partial charge is 0.500 e. The number of unbranched alkanes of at least 4 members (excludes halogenated alkanes) is 1. The Bertz CT molecular complexity index is 713. The third-order valence-electron chi connectivity index (χ3n) is 4.30. The molecule has 0 spiro atoms. The van der Waals surface area contributed by atoms with E-state index in [1.807, 2.05) is 32.0 Å². The fourth-order valence-corrected chi connectivity index (χ4v) is 4.33. The van der Waals surface area contributed by atoms with E-state index in [1.165, 1.54) is 39.4 Å². The number of carbonyl (C=O) groups excluding carboxylic acids is 1. The molecule has 0 fully saturated rings. The highest BCUT2D eigenvalue weighted by Crippen LogP contribution is 2.23. The molecule has 0 aliphatic heterocycles. The molecule has 1 aromatic carbocycles. The molecule has 0 saturated heterocycles. The van der Waals surface area contributed by atoms with Crippen molar-refractivity contribution in [3.63, 3.8) is 0 Å². The Labute approximate surface area is 169 Å². The molecule has 1 rings (SSSR count). The van der Waals surface area contributed by atoms with Crippen molar-refractivity contribution in [1.29, 1.82) is 0 Å². The van der Waals surface area contributed by atoms with Crippen LogP contribution in [0.3, 0.4) is 0 Å². The third-order valence-corrected chi connectivity index (χ3v) is 6.92. The van der Waals surface area contributed by atoms with E-state index in [-0.39, 0.29) is 5.76 Å². The molecule has 0 bridgehead atoms. The summed E-state index contributed by atoms with van der Waals surface area (Å²) in [4.78, 5) is 17.5. The van der Waals surface area contributed by atoms with Crippen molar-refractivity contribution in [3.05, 3.63) is 41.3 Å². The van der Waals surface area contributed by atoms with Crippen LogP contribution in [0.25, 0.3) is 0 Å². The average molecular weight is 408 g/mol. The Balaban J connectivity index is 2.91. The van der Waals surface area contributed by atoms with Crippen LogP contribution >= 0.6 is 0 Å². The molecule has 0 atom stereocenters. The lowest BCUT2D eigenvalue weighted by Crippen LogP contribution is -2.31. The van der Waals surface area contributed by atoms with Gasteiger partial charge in [0.05, 0.1) is 28.0 Å². The van der Waals surface area contributed by atoms with Crippen LogP contribution in [0, 0.1) is 6.92 Å². The molecule has 0 radical (unpaired) electrons. The summed E-state index contributed by atoms with van der Waals surface area (Å²) in [6, 6.07) is 6.92. The van der Waals surface area contributed by atoms with Gasteiger partial charge in [0.2, 0.25) is 5.76 Å². The van der Waals surface area contributed by atoms with Gasteiger partial charge in [-0.05, 0) is 25.5 Å². The fraction of sp³-hybridized carbons (Fsp3) is 0.524. The van der Waals surface area contributed by atoms with Gasteiger partial charge in [-0.2, -0.15) is 0 Å². The number of oxime groups is 1. The van der Waals surface area contributed by atoms with Crippen molar-refractivity contribution < 1.29 is 23.8 Å². The molecule has 0 amide bonds. The smallest absolute Gasteiger partial charge is 0.377 e. The molecular weight excluding hydrogens is 374 g/mol. The Morgan fingerprint density at radius 2 is 1.96 bits per heavy atom. The second-order valence-electron chi connectivity index (χ2n) is 7.51. The van der Waals surface area contributed by atoms with E-state index in [4.69, 9.17) is 19.0 Å². The summed E-state index contributed by atoms with van der Waals surface area (Å²) < 4.78 is 15.3. The predicted molar refractivity (Wildman–Crippen MR) is 114 cm³/mol. The average Bonchev–Trinajstić information content (AvgIpc) is 2.66. The quantitative estimate of drug-likeness (QED) is 0.131. The Kier molecular flexibility index (Phi) is 9.79. The van der Waals surface area contributed by atoms with Crippen LogP contribution in [0.15, 0.2) is 35.4 Å². The van der Waals surface area contributed by atoms with Crippen molar-refractivity contribution in [2.45, 2.75) is 52.8 Å². The molecule has 6 nitrogen and oxygen atoms in total. The lowest BCUT2D eigenvalue weighted by molar-refractivity contribution is -0.138. The molecular formula is C21H33NO5Si. The number of rotatable bonds is 11. The van der Waals surface area contributed by atoms with Crippen LogP contribution in [0.4, 0.5) is 0 Å². The SMILES string of the molecule is CCCC[Si](C)(C)CON=C(C)c1ccc(C)c(OC(=COC)C(=O)OC)c1. The number of nitrogens with zero attached hydrogens (tertiary/aromatic N) is 1. The number of benzene rings is 1. The minimum Gasteiger partial charge on any atom is -0.500 e. The monoisotopic (exact) mass is 407 g/mol. The van der Waals surface area contributed by atoms with Crippen LogP contribution in [0.2, 0.25) is 19.1 Å². The van der Waals surface area contributed by atoms with E-state index in [1.54, 1.807) is 0 Å². The minimum absolute atomic E-state index is 0.0280. The van der Waals surface area contributed by atoms with Crippen LogP contribution < -0.4 is 4.74 Å². The maximum absolute atomic E-state index is 11.8. The van der Waals surface area contributed by atoms with Crippen molar-refractivity contribution >= 4 is 19.8 Å². The van der Waals surface area contributed by atoms with Gasteiger partial charge in [-0.1, -0.05) is 56.2 Å². The van der Waals surface area contributed by atoms with Crippen molar-refractivity contribution in [3.8, 4) is 5.75 Å². The van der Waals surface area contributed by atoms with Gasteiger partial charge in [-0.15, -0.1) is 0 Å². The van der Waals surface area contributed by atoms with Gasteiger partial charge >= 0.3 is 5.97 Å². The number of methoxy groups -OCH3 is 2. The van der Waals surface area contributed by atoms with Crippen molar-refractivity contribution in [1.82, 2.24) is 0 Å². The summed E-state index contributed by atoms with van der Waals surface area (Å²) >= 11 is 0. The number of hydrogen-bond acceptors (Lipinski definition) is 6. The highest BCUT2D eigenvalue weighted by Gasteiger charge is 2.21. The predicted octanol–water partition coefficient (Wildman–Crippen LogP) is 4.82. The van der Waals surface area contributed by atoms with Gasteiger partial charge in [0.15, 0.2) is 0 Å². The maximum Gasteiger partial charge on any atom is 0.377 e. The van der Waals surface area contributed by atoms with Crippen molar-refractivity contribution in [2.75, 3.05) is 20.4 Å². The second kappa shape index (κ2) is 11.5. The molecule has 156 valence electrons. The number of carbonyl (C=O) groups is 1. The standard InChI is InChI=1S/C21H33NO5Si/c1-8-9-12-28(6,7)15-26-22-17(3)18-11-10-16(2)19(13-18)27-20(14-24-4)21(23)25-5/h10-11,13-14H,8-9,12,15H2,1-7H3. The zero-order valence-electron chi connectivity index (χ0n) is 18.1. The zero-order valence-corrected chi connectivity index (χ0v) is 19.1. The van der Waals surface area contributed by atoms with Gasteiger partial charge < -0.3 is 19.0 Å². The highest BCUT2D eigenvalue weighted by molar-refractivity contribution is 6.77. The normalized spacial score (nSPS) is 12.5. The number of ether oxygens (including phenoxy) is 3. The van der Waals surface area contributed by atoms with E-state index >= 15 is 0 Å². The molecule has 0 aliphatic rings. The zero-order chi connectivity index (χ0) is 21.2. The molecule has 7 heteroatoms. The highest BCUT2D eigenvalue weighted by atomic mass is 28.3. The van der Waals surface area contributed by atoms with Crippen molar-refractivity contribution in [2.24, 2.45) is 5.16 Å². The lowest BCUT2D eigenvalue weighted by atomic mass is 10.1. The summed E-state index contributed by atoms with van der Waals surface area (Å²) in [5.74, 6) is -0.113. The molecule has 28 heavy (non-hydrogen) atoms. The van der Waals surface area contributed by atoms with Crippen LogP contribution in [-0.4, -0.2) is 40.2 Å². The summed E-state index contributed by atoms with van der Waals surface area (Å²) in [7, 11) is 1.34. The first-order valence-corrected chi connectivity index (χ1v) is 12.9. The number of esters is 1. The van der Waals surface area contributed by atoms with E-state index in [0.29, 0.717) is 12.0 Å². The van der Waals surface area contributed by atoms with E-state index in [9.17, 15) is 4.79 Å². The summed E-state index contributed by atoms with van der Waals surface area (Å²) in [6.45, 7) is 10.6. The topological polar surface area (TPSA) is 66.3 Å². The van der Waals surface area contributed by atoms with E-state index in [2.05, 4.69) is 25.2 Å². The van der Waals surface area contributed by atoms with E-state index in [0.717, 1.165) is 16.8 Å². The van der Waals surface area contributed by atoms with Gasteiger partial charge in [-0.25, -0.2) is 4.79 Å². The Morgan fingerprint density at radius 3 is 2.57 bits per heavy atom. The first-order chi connectivity index (χ1) is 13.2. The molecule has 0 aromatic heterocycles. The fourth-order valence-electron chi connectivity index (χ4n) is 2.46. The molecule has 0 heterocycles. The van der Waals surface area contributed by atoms with Gasteiger partial charge in [0.25, 0.3) is 0 Å². The Hall–Kier alpha value is -2.28. The number of aryl methyl sites for hydroxylation is 1. The first kappa shape index (κ1) is 23.8. The van der Waals surface area contributed by atoms with Crippen LogP contribution in [-0.2, 0) is 19.1 Å². The lowest BCUT2D eigenvalue weighted by Gasteiger charge is -2.20. The van der Waals surface area contributed by atoms with Crippen LogP contribution in [0.5, 0.6) is 5.75 Å². The van der Waals surface area contributed by atoms with Gasteiger partial charge in [-0.3, -0.25) is 0 Å². The number of hydrogen-bond donors (Lipinski definition) is 0. The van der Waals surface area contributed by atoms with Crippen LogP contribution in [0.1, 0.15) is 37.8 Å². The molecule has 0 unspecified atom stereocenters. The van der Waals surface area contributed by atoms with Gasteiger partial charge in [0, 0.05) is 5.56 Å². The van der Waals surface area contributed by atoms with Gasteiger partial charge in [0.1, 0.15) is 18.2 Å². The summed E-state index contributed by atoms with van der Waals surface area (Å²) in [6.07, 6.45) is 4.35. The summed E-state index contributed by atoms with van der Waals surface area (Å²) in [5.41, 5.74) is 2.48.